The Labute approximate surface area is 205 Å². The fourth-order valence-electron chi connectivity index (χ4n) is 3.94. The zero-order valence-corrected chi connectivity index (χ0v) is 20.1. The van der Waals surface area contributed by atoms with E-state index in [9.17, 15) is 18.8 Å². The maximum atomic E-state index is 13.1. The summed E-state index contributed by atoms with van der Waals surface area (Å²) in [6, 6.07) is 14.6. The molecule has 1 heterocycles. The minimum absolute atomic E-state index is 0.0445. The first-order valence-electron chi connectivity index (χ1n) is 12.0. The minimum Gasteiger partial charge on any atom is -0.351 e. The van der Waals surface area contributed by atoms with E-state index in [0.29, 0.717) is 39.1 Å². The largest absolute Gasteiger partial charge is 0.351 e. The topological polar surface area (TPSA) is 93.8 Å². The second-order valence-electron chi connectivity index (χ2n) is 8.66. The molecular formula is C26H34FN5O3. The summed E-state index contributed by atoms with van der Waals surface area (Å²) in [6.45, 7) is 5.19. The maximum absolute atomic E-state index is 13.1. The van der Waals surface area contributed by atoms with Gasteiger partial charge in [0.1, 0.15) is 11.9 Å². The third kappa shape index (κ3) is 8.68. The Morgan fingerprint density at radius 2 is 1.51 bits per heavy atom. The van der Waals surface area contributed by atoms with E-state index in [0.717, 1.165) is 17.5 Å². The molecule has 0 spiro atoms. The number of carbonyl (C=O) groups excluding carboxylic acids is 3. The van der Waals surface area contributed by atoms with Crippen LogP contribution in [0.5, 0.6) is 0 Å². The fraction of sp³-hybridized carbons (Fsp3) is 0.423. The van der Waals surface area contributed by atoms with E-state index >= 15 is 0 Å². The molecule has 0 aliphatic carbocycles. The van der Waals surface area contributed by atoms with Crippen molar-refractivity contribution in [2.24, 2.45) is 0 Å². The highest BCUT2D eigenvalue weighted by Crippen LogP contribution is 2.08. The summed E-state index contributed by atoms with van der Waals surface area (Å²) in [5, 5.41) is 8.43. The highest BCUT2D eigenvalue weighted by Gasteiger charge is 2.28. The molecule has 3 rings (SSSR count). The molecule has 8 nitrogen and oxygen atoms in total. The van der Waals surface area contributed by atoms with E-state index < -0.39 is 12.1 Å². The van der Waals surface area contributed by atoms with E-state index in [4.69, 9.17) is 0 Å². The Balaban J connectivity index is 1.41. The molecule has 0 aromatic heterocycles. The Morgan fingerprint density at radius 1 is 0.886 bits per heavy atom. The van der Waals surface area contributed by atoms with Gasteiger partial charge >= 0.3 is 6.03 Å². The molecule has 3 N–H and O–H groups in total. The van der Waals surface area contributed by atoms with Crippen LogP contribution in [0, 0.1) is 5.82 Å². The van der Waals surface area contributed by atoms with Gasteiger partial charge in [0, 0.05) is 39.3 Å². The monoisotopic (exact) mass is 483 g/mol. The van der Waals surface area contributed by atoms with E-state index in [1.165, 1.54) is 12.1 Å². The minimum atomic E-state index is -0.617. The number of benzene rings is 2. The zero-order valence-electron chi connectivity index (χ0n) is 20.1. The average molecular weight is 484 g/mol. The van der Waals surface area contributed by atoms with Crippen LogP contribution in [-0.4, -0.2) is 66.4 Å². The first-order valence-corrected chi connectivity index (χ1v) is 12.0. The number of urea groups is 1. The fourth-order valence-corrected chi connectivity index (χ4v) is 3.94. The predicted octanol–water partition coefficient (Wildman–Crippen LogP) is 2.25. The van der Waals surface area contributed by atoms with Gasteiger partial charge in [-0.1, -0.05) is 55.8 Å². The zero-order chi connectivity index (χ0) is 25.0. The van der Waals surface area contributed by atoms with Crippen molar-refractivity contribution >= 4 is 17.8 Å². The van der Waals surface area contributed by atoms with Crippen LogP contribution in [0.3, 0.4) is 0 Å². The van der Waals surface area contributed by atoms with Crippen LogP contribution >= 0.6 is 0 Å². The Hall–Kier alpha value is -3.46. The van der Waals surface area contributed by atoms with Crippen molar-refractivity contribution in [3.05, 3.63) is 71.5 Å². The SMILES string of the molecule is CCCC(NC(=O)NCc1ccc(F)cc1)C(=O)N1CCN(CC(=O)NCc2ccccc2)CC1. The van der Waals surface area contributed by atoms with Crippen molar-refractivity contribution in [2.45, 2.75) is 38.9 Å². The van der Waals surface area contributed by atoms with Crippen LogP contribution < -0.4 is 16.0 Å². The molecule has 1 fully saturated rings. The molecule has 1 aliphatic rings. The molecular weight excluding hydrogens is 449 g/mol. The lowest BCUT2D eigenvalue weighted by Crippen LogP contribution is -2.56. The van der Waals surface area contributed by atoms with E-state index in [-0.39, 0.29) is 30.7 Å². The highest BCUT2D eigenvalue weighted by atomic mass is 19.1. The Morgan fingerprint density at radius 3 is 2.17 bits per heavy atom. The summed E-state index contributed by atoms with van der Waals surface area (Å²) in [5.41, 5.74) is 1.82. The number of nitrogens with zero attached hydrogens (tertiary/aromatic N) is 2. The molecule has 9 heteroatoms. The quantitative estimate of drug-likeness (QED) is 0.483. The number of hydrogen-bond donors (Lipinski definition) is 3. The normalized spacial score (nSPS) is 14.7. The average Bonchev–Trinajstić information content (AvgIpc) is 2.87. The second kappa shape index (κ2) is 13.4. The van der Waals surface area contributed by atoms with Gasteiger partial charge in [0.2, 0.25) is 11.8 Å². The van der Waals surface area contributed by atoms with Crippen LogP contribution in [0.2, 0.25) is 0 Å². The molecule has 0 bridgehead atoms. The standard InChI is InChI=1S/C26H34FN5O3/c1-2-6-23(30-26(35)29-18-21-9-11-22(27)12-10-21)25(34)32-15-13-31(14-16-32)19-24(33)28-17-20-7-4-3-5-8-20/h3-5,7-12,23H,2,6,13-19H2,1H3,(H,28,33)(H2,29,30,35). The number of nitrogens with one attached hydrogen (secondary N) is 3. The van der Waals surface area contributed by atoms with Gasteiger partial charge < -0.3 is 20.9 Å². The van der Waals surface area contributed by atoms with E-state index in [1.807, 2.05) is 42.2 Å². The van der Waals surface area contributed by atoms with Gasteiger partial charge in [0.05, 0.1) is 6.54 Å². The van der Waals surface area contributed by atoms with Crippen molar-refractivity contribution in [2.75, 3.05) is 32.7 Å². The molecule has 1 atom stereocenters. The summed E-state index contributed by atoms with van der Waals surface area (Å²) in [4.78, 5) is 41.5. The van der Waals surface area contributed by atoms with Crippen molar-refractivity contribution < 1.29 is 18.8 Å². The van der Waals surface area contributed by atoms with Crippen molar-refractivity contribution in [1.29, 1.82) is 0 Å². The molecule has 1 aliphatic heterocycles. The Kier molecular flexibility index (Phi) is 10.0. The third-order valence-electron chi connectivity index (χ3n) is 5.93. The molecule has 2 aromatic carbocycles. The first-order chi connectivity index (χ1) is 16.9. The molecule has 35 heavy (non-hydrogen) atoms. The van der Waals surface area contributed by atoms with Gasteiger partial charge in [0.15, 0.2) is 0 Å². The summed E-state index contributed by atoms with van der Waals surface area (Å²) in [6.07, 6.45) is 1.28. The van der Waals surface area contributed by atoms with Crippen LogP contribution in [0.4, 0.5) is 9.18 Å². The van der Waals surface area contributed by atoms with Gasteiger partial charge in [-0.3, -0.25) is 14.5 Å². The number of hydrogen-bond acceptors (Lipinski definition) is 4. The summed E-state index contributed by atoms with van der Waals surface area (Å²) in [7, 11) is 0. The van der Waals surface area contributed by atoms with Gasteiger partial charge in [0.25, 0.3) is 0 Å². The number of amides is 4. The lowest BCUT2D eigenvalue weighted by molar-refractivity contribution is -0.135. The smallest absolute Gasteiger partial charge is 0.315 e. The van der Waals surface area contributed by atoms with Crippen LogP contribution in [0.25, 0.3) is 0 Å². The molecule has 2 aromatic rings. The van der Waals surface area contributed by atoms with Crippen LogP contribution in [-0.2, 0) is 22.7 Å². The molecule has 1 saturated heterocycles. The first kappa shape index (κ1) is 26.2. The van der Waals surface area contributed by atoms with Gasteiger partial charge in [-0.2, -0.15) is 0 Å². The van der Waals surface area contributed by atoms with Gasteiger partial charge in [-0.15, -0.1) is 0 Å². The molecule has 188 valence electrons. The predicted molar refractivity (Wildman–Crippen MR) is 132 cm³/mol. The highest BCUT2D eigenvalue weighted by molar-refractivity contribution is 5.87. The van der Waals surface area contributed by atoms with Gasteiger partial charge in [-0.05, 0) is 29.7 Å². The number of halogens is 1. The molecule has 0 radical (unpaired) electrons. The summed E-state index contributed by atoms with van der Waals surface area (Å²) in [5.74, 6) is -0.492. The molecule has 0 saturated carbocycles. The summed E-state index contributed by atoms with van der Waals surface area (Å²) < 4.78 is 13.0. The Bertz CT molecular complexity index is 963. The van der Waals surface area contributed by atoms with E-state index in [2.05, 4.69) is 16.0 Å². The molecule has 4 amide bonds. The maximum Gasteiger partial charge on any atom is 0.315 e. The number of carbonyl (C=O) groups is 3. The van der Waals surface area contributed by atoms with Crippen molar-refractivity contribution in [3.8, 4) is 0 Å². The van der Waals surface area contributed by atoms with Crippen LogP contribution in [0.15, 0.2) is 54.6 Å². The lowest BCUT2D eigenvalue weighted by Gasteiger charge is -2.36. The number of rotatable bonds is 10. The lowest BCUT2D eigenvalue weighted by atomic mass is 10.1. The van der Waals surface area contributed by atoms with Crippen molar-refractivity contribution in [3.63, 3.8) is 0 Å². The van der Waals surface area contributed by atoms with E-state index in [1.54, 1.807) is 17.0 Å². The van der Waals surface area contributed by atoms with Gasteiger partial charge in [-0.25, -0.2) is 9.18 Å². The van der Waals surface area contributed by atoms with Crippen molar-refractivity contribution in [1.82, 2.24) is 25.8 Å². The summed E-state index contributed by atoms with van der Waals surface area (Å²) >= 11 is 0. The third-order valence-corrected chi connectivity index (χ3v) is 5.93. The van der Waals surface area contributed by atoms with Crippen LogP contribution in [0.1, 0.15) is 30.9 Å². The molecule has 1 unspecified atom stereocenters. The number of piperazine rings is 1. The second-order valence-corrected chi connectivity index (χ2v) is 8.66.